The SMILES string of the molecule is N#Cc1nccnc1Nc1ccc2c(c1)CCCN2. The quantitative estimate of drug-likeness (QED) is 0.857. The van der Waals surface area contributed by atoms with Gasteiger partial charge in [-0.05, 0) is 36.6 Å². The van der Waals surface area contributed by atoms with Crippen molar-refractivity contribution >= 4 is 17.2 Å². The van der Waals surface area contributed by atoms with Gasteiger partial charge in [-0.15, -0.1) is 0 Å². The third-order valence-electron chi connectivity index (χ3n) is 3.11. The Bertz CT molecular complexity index is 645. The number of fused-ring (bicyclic) bond motifs is 1. The molecule has 94 valence electrons. The van der Waals surface area contributed by atoms with Crippen molar-refractivity contribution < 1.29 is 0 Å². The van der Waals surface area contributed by atoms with Gasteiger partial charge in [-0.3, -0.25) is 0 Å². The molecular weight excluding hydrogens is 238 g/mol. The molecule has 0 saturated heterocycles. The second-order valence-corrected chi connectivity index (χ2v) is 4.39. The summed E-state index contributed by atoms with van der Waals surface area (Å²) >= 11 is 0. The Kier molecular flexibility index (Phi) is 2.99. The van der Waals surface area contributed by atoms with Crippen molar-refractivity contribution in [3.63, 3.8) is 0 Å². The van der Waals surface area contributed by atoms with Gasteiger partial charge in [0.1, 0.15) is 6.07 Å². The number of nitrogens with one attached hydrogen (secondary N) is 2. The zero-order valence-electron chi connectivity index (χ0n) is 10.3. The fourth-order valence-electron chi connectivity index (χ4n) is 2.20. The minimum Gasteiger partial charge on any atom is -0.385 e. The van der Waals surface area contributed by atoms with Crippen molar-refractivity contribution in [2.45, 2.75) is 12.8 Å². The molecule has 0 radical (unpaired) electrons. The number of aryl methyl sites for hydroxylation is 1. The first-order chi connectivity index (χ1) is 9.36. The topological polar surface area (TPSA) is 73.6 Å². The van der Waals surface area contributed by atoms with E-state index < -0.39 is 0 Å². The summed E-state index contributed by atoms with van der Waals surface area (Å²) in [5.41, 5.74) is 3.72. The summed E-state index contributed by atoms with van der Waals surface area (Å²) in [7, 11) is 0. The minimum atomic E-state index is 0.304. The van der Waals surface area contributed by atoms with E-state index in [1.54, 1.807) is 6.20 Å². The first-order valence-corrected chi connectivity index (χ1v) is 6.22. The fourth-order valence-corrected chi connectivity index (χ4v) is 2.20. The summed E-state index contributed by atoms with van der Waals surface area (Å²) in [5.74, 6) is 0.494. The normalized spacial score (nSPS) is 13.0. The molecule has 1 aliphatic rings. The summed E-state index contributed by atoms with van der Waals surface area (Å²) in [6.07, 6.45) is 5.30. The number of hydrogen-bond acceptors (Lipinski definition) is 5. The lowest BCUT2D eigenvalue weighted by molar-refractivity contribution is 0.830. The number of benzene rings is 1. The first kappa shape index (κ1) is 11.5. The molecular formula is C14H13N5. The zero-order chi connectivity index (χ0) is 13.1. The average Bonchev–Trinajstić information content (AvgIpc) is 2.48. The van der Waals surface area contributed by atoms with E-state index in [0.717, 1.165) is 25.1 Å². The molecule has 0 fully saturated rings. The second kappa shape index (κ2) is 4.94. The number of nitrogens with zero attached hydrogens (tertiary/aromatic N) is 3. The lowest BCUT2D eigenvalue weighted by Gasteiger charge is -2.19. The van der Waals surface area contributed by atoms with E-state index in [9.17, 15) is 0 Å². The number of nitriles is 1. The Labute approximate surface area is 111 Å². The van der Waals surface area contributed by atoms with E-state index >= 15 is 0 Å². The molecule has 1 aromatic heterocycles. The molecule has 2 aromatic rings. The van der Waals surface area contributed by atoms with Crippen LogP contribution in [0.4, 0.5) is 17.2 Å². The van der Waals surface area contributed by atoms with Gasteiger partial charge >= 0.3 is 0 Å². The van der Waals surface area contributed by atoms with E-state index in [-0.39, 0.29) is 0 Å². The van der Waals surface area contributed by atoms with Gasteiger partial charge in [-0.1, -0.05) is 0 Å². The lowest BCUT2D eigenvalue weighted by Crippen LogP contribution is -2.11. The van der Waals surface area contributed by atoms with Crippen LogP contribution in [0.2, 0.25) is 0 Å². The van der Waals surface area contributed by atoms with Crippen LogP contribution < -0.4 is 10.6 Å². The average molecular weight is 251 g/mol. The van der Waals surface area contributed by atoms with Crippen LogP contribution >= 0.6 is 0 Å². The largest absolute Gasteiger partial charge is 0.385 e. The van der Waals surface area contributed by atoms with E-state index in [0.29, 0.717) is 11.5 Å². The van der Waals surface area contributed by atoms with E-state index in [1.165, 1.54) is 17.4 Å². The monoisotopic (exact) mass is 251 g/mol. The zero-order valence-corrected chi connectivity index (χ0v) is 10.3. The molecule has 2 heterocycles. The molecule has 0 amide bonds. The standard InChI is InChI=1S/C14H13N5/c15-9-13-14(18-7-6-17-13)19-11-3-4-12-10(8-11)2-1-5-16-12/h3-4,6-8,16H,1-2,5H2,(H,18,19). The van der Waals surface area contributed by atoms with Crippen molar-refractivity contribution in [1.29, 1.82) is 5.26 Å². The van der Waals surface area contributed by atoms with Crippen LogP contribution in [0.1, 0.15) is 17.7 Å². The predicted molar refractivity (Wildman–Crippen MR) is 73.3 cm³/mol. The molecule has 0 atom stereocenters. The van der Waals surface area contributed by atoms with Crippen molar-refractivity contribution in [2.24, 2.45) is 0 Å². The highest BCUT2D eigenvalue weighted by molar-refractivity contribution is 5.66. The van der Waals surface area contributed by atoms with Gasteiger partial charge in [-0.2, -0.15) is 5.26 Å². The third-order valence-corrected chi connectivity index (χ3v) is 3.11. The molecule has 0 saturated carbocycles. The van der Waals surface area contributed by atoms with Gasteiger partial charge in [0, 0.05) is 30.3 Å². The summed E-state index contributed by atoms with van der Waals surface area (Å²) in [6.45, 7) is 1.03. The fraction of sp³-hybridized carbons (Fsp3) is 0.214. The van der Waals surface area contributed by atoms with E-state index in [2.05, 4.69) is 32.7 Å². The molecule has 0 bridgehead atoms. The molecule has 1 aliphatic heterocycles. The molecule has 5 nitrogen and oxygen atoms in total. The lowest BCUT2D eigenvalue weighted by atomic mass is 10.0. The molecule has 0 unspecified atom stereocenters. The Balaban J connectivity index is 1.89. The maximum atomic E-state index is 8.99. The van der Waals surface area contributed by atoms with E-state index in [4.69, 9.17) is 5.26 Å². The summed E-state index contributed by atoms with van der Waals surface area (Å²) in [4.78, 5) is 8.13. The Hall–Kier alpha value is -2.61. The Morgan fingerprint density at radius 1 is 1.26 bits per heavy atom. The molecule has 5 heteroatoms. The van der Waals surface area contributed by atoms with Gasteiger partial charge in [0.05, 0.1) is 0 Å². The van der Waals surface area contributed by atoms with Gasteiger partial charge in [0.25, 0.3) is 0 Å². The van der Waals surface area contributed by atoms with Crippen molar-refractivity contribution in [3.05, 3.63) is 41.9 Å². The smallest absolute Gasteiger partial charge is 0.183 e. The number of rotatable bonds is 2. The highest BCUT2D eigenvalue weighted by Gasteiger charge is 2.10. The second-order valence-electron chi connectivity index (χ2n) is 4.39. The van der Waals surface area contributed by atoms with Gasteiger partial charge in [0.2, 0.25) is 0 Å². The van der Waals surface area contributed by atoms with Crippen LogP contribution in [0.5, 0.6) is 0 Å². The summed E-state index contributed by atoms with van der Waals surface area (Å²) < 4.78 is 0. The number of aromatic nitrogens is 2. The van der Waals surface area contributed by atoms with Crippen LogP contribution in [-0.4, -0.2) is 16.5 Å². The predicted octanol–water partition coefficient (Wildman–Crippen LogP) is 2.45. The first-order valence-electron chi connectivity index (χ1n) is 6.22. The van der Waals surface area contributed by atoms with Gasteiger partial charge in [-0.25, -0.2) is 9.97 Å². The minimum absolute atomic E-state index is 0.304. The highest BCUT2D eigenvalue weighted by Crippen LogP contribution is 2.26. The van der Waals surface area contributed by atoms with Crippen LogP contribution in [0.3, 0.4) is 0 Å². The molecule has 3 rings (SSSR count). The van der Waals surface area contributed by atoms with Crippen LogP contribution in [0, 0.1) is 11.3 Å². The van der Waals surface area contributed by atoms with E-state index in [1.807, 2.05) is 12.1 Å². The Morgan fingerprint density at radius 2 is 2.16 bits per heavy atom. The maximum Gasteiger partial charge on any atom is 0.183 e. The van der Waals surface area contributed by atoms with Crippen LogP contribution in [0.15, 0.2) is 30.6 Å². The van der Waals surface area contributed by atoms with Crippen LogP contribution in [0.25, 0.3) is 0 Å². The molecule has 0 spiro atoms. The summed E-state index contributed by atoms with van der Waals surface area (Å²) in [5, 5.41) is 15.5. The third kappa shape index (κ3) is 2.33. The van der Waals surface area contributed by atoms with Crippen molar-refractivity contribution in [3.8, 4) is 6.07 Å². The Morgan fingerprint density at radius 3 is 3.05 bits per heavy atom. The van der Waals surface area contributed by atoms with Crippen molar-refractivity contribution in [1.82, 2.24) is 9.97 Å². The molecule has 1 aromatic carbocycles. The number of anilines is 3. The van der Waals surface area contributed by atoms with Crippen LogP contribution in [-0.2, 0) is 6.42 Å². The van der Waals surface area contributed by atoms with Gasteiger partial charge in [0.15, 0.2) is 11.5 Å². The molecule has 19 heavy (non-hydrogen) atoms. The highest BCUT2D eigenvalue weighted by atomic mass is 15.0. The maximum absolute atomic E-state index is 8.99. The summed E-state index contributed by atoms with van der Waals surface area (Å²) in [6, 6.07) is 8.16. The number of hydrogen-bond donors (Lipinski definition) is 2. The van der Waals surface area contributed by atoms with Gasteiger partial charge < -0.3 is 10.6 Å². The van der Waals surface area contributed by atoms with Crippen molar-refractivity contribution in [2.75, 3.05) is 17.2 Å². The molecule has 2 N–H and O–H groups in total. The molecule has 0 aliphatic carbocycles.